The summed E-state index contributed by atoms with van der Waals surface area (Å²) in [6, 6.07) is 9.87. The number of ether oxygens (including phenoxy) is 1. The third-order valence-corrected chi connectivity index (χ3v) is 8.26. The van der Waals surface area contributed by atoms with Gasteiger partial charge in [-0.2, -0.15) is 0 Å². The number of hydrogen-bond acceptors (Lipinski definition) is 6. The van der Waals surface area contributed by atoms with Gasteiger partial charge in [-0.25, -0.2) is 4.98 Å². The Morgan fingerprint density at radius 3 is 2.63 bits per heavy atom. The molecule has 0 radical (unpaired) electrons. The van der Waals surface area contributed by atoms with Gasteiger partial charge < -0.3 is 15.0 Å². The van der Waals surface area contributed by atoms with Gasteiger partial charge in [0.05, 0.1) is 40.2 Å². The van der Waals surface area contributed by atoms with Crippen LogP contribution >= 0.6 is 22.9 Å². The van der Waals surface area contributed by atoms with Crippen molar-refractivity contribution in [3.8, 4) is 21.8 Å². The Kier molecular flexibility index (Phi) is 8.92. The standard InChI is InChI=1S/C32H35ClN4O3S/c1-5-40-29-11-10-23(33)17-28(29)37-27(16-20(2)3)24(31(38)36-14-12-34-13-15-36)18-25(32(37)39)30-35-26(19-41-30)22-8-6-21(4)7-9-22/h6-11,16,18-19,23,34H,5,12-15,17H2,1-4H3/t23-/m0/s1. The van der Waals surface area contributed by atoms with Crippen LogP contribution in [0.15, 0.2) is 64.0 Å². The molecule has 1 atom stereocenters. The highest BCUT2D eigenvalue weighted by atomic mass is 35.5. The number of halogens is 1. The molecule has 0 unspecified atom stereocenters. The molecule has 0 bridgehead atoms. The summed E-state index contributed by atoms with van der Waals surface area (Å²) in [5.74, 6) is 0.462. The van der Waals surface area contributed by atoms with Crippen LogP contribution in [0.3, 0.4) is 0 Å². The lowest BCUT2D eigenvalue weighted by Gasteiger charge is -2.29. The molecule has 7 nitrogen and oxygen atoms in total. The Morgan fingerprint density at radius 1 is 1.22 bits per heavy atom. The van der Waals surface area contributed by atoms with Crippen molar-refractivity contribution < 1.29 is 9.53 Å². The monoisotopic (exact) mass is 590 g/mol. The highest BCUT2D eigenvalue weighted by molar-refractivity contribution is 7.13. The summed E-state index contributed by atoms with van der Waals surface area (Å²) in [7, 11) is 0. The first-order valence-electron chi connectivity index (χ1n) is 13.9. The summed E-state index contributed by atoms with van der Waals surface area (Å²) in [5.41, 5.74) is 5.63. The van der Waals surface area contributed by atoms with Crippen molar-refractivity contribution in [1.29, 1.82) is 0 Å². The van der Waals surface area contributed by atoms with Gasteiger partial charge in [0.15, 0.2) is 0 Å². The van der Waals surface area contributed by atoms with E-state index in [2.05, 4.69) is 5.32 Å². The Morgan fingerprint density at radius 2 is 1.95 bits per heavy atom. The SMILES string of the molecule is CCOC1=C(n2c(C=C(C)C)c(C(=O)N3CCNCC3)cc(-c3nc(-c4ccc(C)cc4)cs3)c2=O)C[C@@H](Cl)C=C1. The van der Waals surface area contributed by atoms with Crippen LogP contribution in [0.5, 0.6) is 0 Å². The summed E-state index contributed by atoms with van der Waals surface area (Å²) >= 11 is 8.00. The van der Waals surface area contributed by atoms with Crippen LogP contribution in [0.4, 0.5) is 0 Å². The maximum Gasteiger partial charge on any atom is 0.265 e. The van der Waals surface area contributed by atoms with E-state index in [1.165, 1.54) is 11.3 Å². The number of nitrogens with one attached hydrogen (secondary N) is 1. The van der Waals surface area contributed by atoms with Crippen molar-refractivity contribution in [1.82, 2.24) is 19.8 Å². The van der Waals surface area contributed by atoms with E-state index in [-0.39, 0.29) is 16.8 Å². The number of carbonyl (C=O) groups is 1. The molecule has 214 valence electrons. The fourth-order valence-electron chi connectivity index (χ4n) is 5.06. The van der Waals surface area contributed by atoms with Crippen molar-refractivity contribution in [2.75, 3.05) is 32.8 Å². The van der Waals surface area contributed by atoms with Crippen LogP contribution < -0.4 is 10.9 Å². The summed E-state index contributed by atoms with van der Waals surface area (Å²) in [6.45, 7) is 10.9. The fraction of sp³-hybridized carbons (Fsp3) is 0.344. The van der Waals surface area contributed by atoms with Crippen molar-refractivity contribution in [3.63, 3.8) is 0 Å². The smallest absolute Gasteiger partial charge is 0.265 e. The first-order valence-corrected chi connectivity index (χ1v) is 15.2. The summed E-state index contributed by atoms with van der Waals surface area (Å²) in [5, 5.41) is 5.51. The molecule has 1 aliphatic heterocycles. The van der Waals surface area contributed by atoms with E-state index >= 15 is 0 Å². The number of benzene rings is 1. The first-order chi connectivity index (χ1) is 19.8. The number of allylic oxidation sites excluding steroid dienone is 4. The summed E-state index contributed by atoms with van der Waals surface area (Å²) in [4.78, 5) is 35.3. The number of alkyl halides is 1. The minimum absolute atomic E-state index is 0.114. The van der Waals surface area contributed by atoms with Gasteiger partial charge in [0.1, 0.15) is 10.8 Å². The van der Waals surface area contributed by atoms with Crippen LogP contribution in [0.2, 0.25) is 0 Å². The molecule has 41 heavy (non-hydrogen) atoms. The van der Waals surface area contributed by atoms with Gasteiger partial charge in [-0.1, -0.05) is 41.5 Å². The lowest BCUT2D eigenvalue weighted by atomic mass is 10.0. The average molecular weight is 591 g/mol. The summed E-state index contributed by atoms with van der Waals surface area (Å²) in [6.07, 6.45) is 5.97. The van der Waals surface area contributed by atoms with Crippen LogP contribution in [-0.4, -0.2) is 58.5 Å². The van der Waals surface area contributed by atoms with Crippen LogP contribution in [0.1, 0.15) is 48.8 Å². The highest BCUT2D eigenvalue weighted by Crippen LogP contribution is 2.33. The number of carbonyl (C=O) groups excluding carboxylic acids is 1. The molecule has 1 amide bonds. The minimum Gasteiger partial charge on any atom is -0.492 e. The Hall–Kier alpha value is -3.46. The number of thiazole rings is 1. The molecule has 1 fully saturated rings. The number of pyridine rings is 1. The average Bonchev–Trinajstić information content (AvgIpc) is 3.45. The van der Waals surface area contributed by atoms with Crippen molar-refractivity contribution >= 4 is 40.6 Å². The molecule has 3 heterocycles. The number of aromatic nitrogens is 2. The Labute approximate surface area is 249 Å². The fourth-order valence-corrected chi connectivity index (χ4v) is 6.12. The predicted octanol–water partition coefficient (Wildman–Crippen LogP) is 6.19. The van der Waals surface area contributed by atoms with Gasteiger partial charge in [0, 0.05) is 43.5 Å². The van der Waals surface area contributed by atoms with Crippen molar-refractivity contribution in [2.24, 2.45) is 0 Å². The van der Waals surface area contributed by atoms with Crippen LogP contribution in [0, 0.1) is 6.92 Å². The second kappa shape index (κ2) is 12.6. The summed E-state index contributed by atoms with van der Waals surface area (Å²) < 4.78 is 7.62. The lowest BCUT2D eigenvalue weighted by molar-refractivity contribution is 0.0735. The van der Waals surface area contributed by atoms with E-state index < -0.39 is 0 Å². The minimum atomic E-state index is -0.315. The zero-order valence-electron chi connectivity index (χ0n) is 23.9. The molecular formula is C32H35ClN4O3S. The van der Waals surface area contributed by atoms with Gasteiger partial charge >= 0.3 is 0 Å². The molecule has 3 aromatic rings. The number of rotatable bonds is 7. The Balaban J connectivity index is 1.78. The normalized spacial score (nSPS) is 17.1. The molecule has 2 aliphatic rings. The highest BCUT2D eigenvalue weighted by Gasteiger charge is 2.29. The maximum atomic E-state index is 14.5. The first kappa shape index (κ1) is 29.0. The Bertz CT molecular complexity index is 1590. The lowest BCUT2D eigenvalue weighted by Crippen LogP contribution is -2.47. The van der Waals surface area contributed by atoms with E-state index in [1.807, 2.05) is 80.5 Å². The quantitative estimate of drug-likeness (QED) is 0.332. The molecule has 1 saturated heterocycles. The van der Waals surface area contributed by atoms with Gasteiger partial charge in [0.2, 0.25) is 0 Å². The third-order valence-electron chi connectivity index (χ3n) is 7.08. The molecule has 2 aromatic heterocycles. The van der Waals surface area contributed by atoms with E-state index in [0.29, 0.717) is 59.4 Å². The third kappa shape index (κ3) is 6.25. The second-order valence-electron chi connectivity index (χ2n) is 10.5. The van der Waals surface area contributed by atoms with Gasteiger partial charge in [0.25, 0.3) is 11.5 Å². The number of nitrogens with zero attached hydrogens (tertiary/aromatic N) is 3. The van der Waals surface area contributed by atoms with E-state index in [0.717, 1.165) is 35.5 Å². The van der Waals surface area contributed by atoms with E-state index in [4.69, 9.17) is 21.3 Å². The maximum absolute atomic E-state index is 14.5. The molecule has 0 spiro atoms. The van der Waals surface area contributed by atoms with E-state index in [1.54, 1.807) is 10.6 Å². The largest absolute Gasteiger partial charge is 0.492 e. The van der Waals surface area contributed by atoms with Crippen molar-refractivity contribution in [3.05, 3.63) is 86.4 Å². The molecule has 9 heteroatoms. The molecule has 0 saturated carbocycles. The van der Waals surface area contributed by atoms with E-state index in [9.17, 15) is 9.59 Å². The van der Waals surface area contributed by atoms with Crippen LogP contribution in [0.25, 0.3) is 33.6 Å². The zero-order chi connectivity index (χ0) is 29.1. The van der Waals surface area contributed by atoms with Gasteiger partial charge in [-0.05, 0) is 45.9 Å². The molecule has 1 aliphatic carbocycles. The number of aryl methyl sites for hydroxylation is 1. The molecule has 1 aromatic carbocycles. The van der Waals surface area contributed by atoms with Crippen LogP contribution in [-0.2, 0) is 4.74 Å². The zero-order valence-corrected chi connectivity index (χ0v) is 25.4. The van der Waals surface area contributed by atoms with Crippen molar-refractivity contribution in [2.45, 2.75) is 39.5 Å². The molecule has 1 N–H and O–H groups in total. The topological polar surface area (TPSA) is 76.5 Å². The molecular weight excluding hydrogens is 556 g/mol. The molecule has 5 rings (SSSR count). The number of piperazine rings is 1. The number of amides is 1. The number of hydrogen-bond donors (Lipinski definition) is 1. The second-order valence-corrected chi connectivity index (χ2v) is 11.9. The van der Waals surface area contributed by atoms with Gasteiger partial charge in [-0.15, -0.1) is 22.9 Å². The predicted molar refractivity (Wildman–Crippen MR) is 168 cm³/mol. The van der Waals surface area contributed by atoms with Gasteiger partial charge in [-0.3, -0.25) is 14.2 Å².